The molecule has 0 saturated carbocycles. The van der Waals surface area contributed by atoms with E-state index in [0.717, 1.165) is 17.1 Å². The molecule has 0 unspecified atom stereocenters. The maximum Gasteiger partial charge on any atom is 0.0618 e. The summed E-state index contributed by atoms with van der Waals surface area (Å²) in [6.45, 7) is 13.9. The lowest BCUT2D eigenvalue weighted by molar-refractivity contribution is 0.569. The second-order valence-corrected chi connectivity index (χ2v) is 20.6. The summed E-state index contributed by atoms with van der Waals surface area (Å²) < 4.78 is 2.47. The van der Waals surface area contributed by atoms with Crippen molar-refractivity contribution in [3.05, 3.63) is 230 Å². The van der Waals surface area contributed by atoms with Gasteiger partial charge in [0.15, 0.2) is 0 Å². The fraction of sp³-hybridized carbons (Fsp3) is 0.121. The molecule has 328 valence electrons. The third kappa shape index (κ3) is 6.86. The van der Waals surface area contributed by atoms with Crippen molar-refractivity contribution in [1.82, 2.24) is 4.57 Å². The highest BCUT2D eigenvalue weighted by atomic mass is 15.1. The Balaban J connectivity index is 1.17. The lowest BCUT2D eigenvalue weighted by atomic mass is 9.79. The fourth-order valence-corrected chi connectivity index (χ4v) is 10.7. The highest BCUT2D eigenvalue weighted by molar-refractivity contribution is 6.28. The second kappa shape index (κ2) is 15.9. The van der Waals surface area contributed by atoms with Gasteiger partial charge < -0.3 is 9.47 Å². The maximum absolute atomic E-state index is 2.56. The van der Waals surface area contributed by atoms with Crippen LogP contribution in [0.5, 0.6) is 0 Å². The molecule has 1 aromatic heterocycles. The Morgan fingerprint density at radius 2 is 0.838 bits per heavy atom. The second-order valence-electron chi connectivity index (χ2n) is 20.6. The summed E-state index contributed by atoms with van der Waals surface area (Å²) in [5, 5.41) is 9.98. The molecule has 0 aliphatic carbocycles. The van der Waals surface area contributed by atoms with Crippen molar-refractivity contribution in [2.24, 2.45) is 0 Å². The summed E-state index contributed by atoms with van der Waals surface area (Å²) in [5.74, 6) is 0. The molecule has 0 amide bonds. The van der Waals surface area contributed by atoms with Crippen LogP contribution in [0.2, 0.25) is 0 Å². The van der Waals surface area contributed by atoms with Crippen LogP contribution in [-0.2, 0) is 10.8 Å². The summed E-state index contributed by atoms with van der Waals surface area (Å²) in [7, 11) is 0. The predicted octanol–water partition coefficient (Wildman–Crippen LogP) is 18.7. The maximum atomic E-state index is 2.56. The quantitative estimate of drug-likeness (QED) is 0.145. The number of para-hydroxylation sites is 3. The Kier molecular flexibility index (Phi) is 9.67. The number of hydrogen-bond donors (Lipinski definition) is 0. The molecule has 12 rings (SSSR count). The van der Waals surface area contributed by atoms with E-state index < -0.39 is 0 Å². The topological polar surface area (TPSA) is 8.17 Å². The van der Waals surface area contributed by atoms with E-state index in [0.29, 0.717) is 0 Å². The number of rotatable bonds is 7. The van der Waals surface area contributed by atoms with Gasteiger partial charge >= 0.3 is 0 Å². The molecule has 0 bridgehead atoms. The number of aromatic nitrogens is 1. The van der Waals surface area contributed by atoms with Gasteiger partial charge in [-0.3, -0.25) is 0 Å². The smallest absolute Gasteiger partial charge is 0.0618 e. The Bertz CT molecular complexity index is 3720. The normalized spacial score (nSPS) is 12.3. The molecular formula is C66H54N2. The van der Waals surface area contributed by atoms with Gasteiger partial charge in [0.05, 0.1) is 28.1 Å². The average Bonchev–Trinajstić information content (AvgIpc) is 3.70. The van der Waals surface area contributed by atoms with E-state index in [4.69, 9.17) is 0 Å². The first-order valence-corrected chi connectivity index (χ1v) is 24.0. The zero-order valence-corrected chi connectivity index (χ0v) is 39.7. The molecule has 1 heterocycles. The number of nitrogens with zero attached hydrogens (tertiary/aromatic N) is 2. The molecule has 0 saturated heterocycles. The van der Waals surface area contributed by atoms with Crippen molar-refractivity contribution < 1.29 is 0 Å². The lowest BCUT2D eigenvalue weighted by Crippen LogP contribution is -2.16. The van der Waals surface area contributed by atoms with Crippen molar-refractivity contribution in [3.8, 4) is 39.1 Å². The summed E-state index contributed by atoms with van der Waals surface area (Å²) in [4.78, 5) is 2.56. The Morgan fingerprint density at radius 1 is 0.353 bits per heavy atom. The van der Waals surface area contributed by atoms with Crippen LogP contribution in [0.25, 0.3) is 93.2 Å². The Morgan fingerprint density at radius 3 is 1.43 bits per heavy atom. The van der Waals surface area contributed by atoms with Gasteiger partial charge in [0.25, 0.3) is 0 Å². The van der Waals surface area contributed by atoms with Gasteiger partial charge in [0.2, 0.25) is 0 Å². The Labute approximate surface area is 399 Å². The molecule has 0 N–H and O–H groups in total. The van der Waals surface area contributed by atoms with Crippen LogP contribution in [0.1, 0.15) is 52.7 Å². The van der Waals surface area contributed by atoms with Gasteiger partial charge in [-0.1, -0.05) is 224 Å². The highest BCUT2D eigenvalue weighted by Crippen LogP contribution is 2.51. The summed E-state index contributed by atoms with van der Waals surface area (Å²) in [5.41, 5.74) is 16.7. The summed E-state index contributed by atoms with van der Waals surface area (Å²) >= 11 is 0. The molecule has 2 nitrogen and oxygen atoms in total. The van der Waals surface area contributed by atoms with Crippen LogP contribution in [0.4, 0.5) is 17.1 Å². The summed E-state index contributed by atoms with van der Waals surface area (Å²) in [6.07, 6.45) is 0. The standard InChI is InChI=1S/C66H54N2/c1-65(2,3)49-39-48(40-50(42-49)66(4,5)6)47-23-17-24-51(41-47)67(64-52(43-19-9-7-10-20-43)27-18-28-53(64)44-21-11-8-12-22-44)60-37-33-45-32-36-57-61(38-34-46-31-35-56(60)62(45)63(46)57)68-58-29-15-13-25-54(58)55-26-14-16-30-59(55)68/h7-42H,1-6H3. The van der Waals surface area contributed by atoms with Crippen LogP contribution < -0.4 is 4.90 Å². The molecule has 12 aromatic rings. The van der Waals surface area contributed by atoms with E-state index in [-0.39, 0.29) is 10.8 Å². The van der Waals surface area contributed by atoms with Crippen molar-refractivity contribution in [2.75, 3.05) is 4.90 Å². The van der Waals surface area contributed by atoms with Gasteiger partial charge in [-0.05, 0) is 102 Å². The molecule has 0 aliphatic rings. The molecular weight excluding hydrogens is 821 g/mol. The van der Waals surface area contributed by atoms with E-state index in [1.807, 2.05) is 0 Å². The van der Waals surface area contributed by atoms with Crippen LogP contribution in [0, 0.1) is 0 Å². The zero-order valence-electron chi connectivity index (χ0n) is 39.7. The molecule has 0 radical (unpaired) electrons. The van der Waals surface area contributed by atoms with Gasteiger partial charge in [0, 0.05) is 38.4 Å². The van der Waals surface area contributed by atoms with E-state index in [2.05, 4.69) is 269 Å². The molecule has 0 fully saturated rings. The van der Waals surface area contributed by atoms with E-state index in [1.54, 1.807) is 0 Å². The van der Waals surface area contributed by atoms with Crippen molar-refractivity contribution in [3.63, 3.8) is 0 Å². The minimum atomic E-state index is -0.0119. The van der Waals surface area contributed by atoms with Crippen molar-refractivity contribution in [1.29, 1.82) is 0 Å². The zero-order chi connectivity index (χ0) is 46.3. The number of benzene rings is 11. The first-order chi connectivity index (χ1) is 33.0. The molecule has 0 spiro atoms. The van der Waals surface area contributed by atoms with Crippen LogP contribution in [-0.4, -0.2) is 4.57 Å². The first kappa shape index (κ1) is 41.5. The first-order valence-electron chi connectivity index (χ1n) is 24.0. The van der Waals surface area contributed by atoms with E-state index in [1.165, 1.54) is 104 Å². The van der Waals surface area contributed by atoms with Gasteiger partial charge in [-0.15, -0.1) is 0 Å². The van der Waals surface area contributed by atoms with Crippen molar-refractivity contribution >= 4 is 71.2 Å². The highest BCUT2D eigenvalue weighted by Gasteiger charge is 2.27. The molecule has 0 atom stereocenters. The van der Waals surface area contributed by atoms with Crippen molar-refractivity contribution in [2.45, 2.75) is 52.4 Å². The van der Waals surface area contributed by atoms with E-state index in [9.17, 15) is 0 Å². The molecule has 2 heteroatoms. The number of fused-ring (bicyclic) bond motifs is 3. The molecule has 68 heavy (non-hydrogen) atoms. The lowest BCUT2D eigenvalue weighted by Gasteiger charge is -2.32. The largest absolute Gasteiger partial charge is 0.309 e. The SMILES string of the molecule is CC(C)(C)c1cc(-c2cccc(N(c3c(-c4ccccc4)cccc3-c3ccccc3)c3ccc4ccc5c(-n6c7ccccc7c7ccccc76)ccc6ccc3c4c65)c2)cc(C(C)(C)C)c1. The number of anilines is 3. The predicted molar refractivity (Wildman–Crippen MR) is 293 cm³/mol. The molecule has 0 aliphatic heterocycles. The van der Waals surface area contributed by atoms with Gasteiger partial charge in [-0.25, -0.2) is 0 Å². The summed E-state index contributed by atoms with van der Waals surface area (Å²) in [6, 6.07) is 81.5. The van der Waals surface area contributed by atoms with E-state index >= 15 is 0 Å². The minimum absolute atomic E-state index is 0.0119. The van der Waals surface area contributed by atoms with Gasteiger partial charge in [-0.2, -0.15) is 0 Å². The molecule has 11 aromatic carbocycles. The van der Waals surface area contributed by atoms with Crippen LogP contribution in [0.15, 0.2) is 218 Å². The van der Waals surface area contributed by atoms with Crippen LogP contribution >= 0.6 is 0 Å². The number of hydrogen-bond acceptors (Lipinski definition) is 1. The minimum Gasteiger partial charge on any atom is -0.309 e. The van der Waals surface area contributed by atoms with Crippen LogP contribution in [0.3, 0.4) is 0 Å². The average molecular weight is 875 g/mol. The van der Waals surface area contributed by atoms with Gasteiger partial charge in [0.1, 0.15) is 0 Å². The third-order valence-corrected chi connectivity index (χ3v) is 14.2. The fourth-order valence-electron chi connectivity index (χ4n) is 10.7. The monoisotopic (exact) mass is 874 g/mol. The Hall–Kier alpha value is -7.94. The third-order valence-electron chi connectivity index (χ3n) is 14.2.